The van der Waals surface area contributed by atoms with E-state index in [2.05, 4.69) is 25.7 Å². The summed E-state index contributed by atoms with van der Waals surface area (Å²) in [4.78, 5) is 2.42. The highest BCUT2D eigenvalue weighted by molar-refractivity contribution is 6.58. The molecule has 0 saturated heterocycles. The van der Waals surface area contributed by atoms with E-state index in [9.17, 15) is 10.0 Å². The van der Waals surface area contributed by atoms with Gasteiger partial charge >= 0.3 is 7.12 Å². The first-order chi connectivity index (χ1) is 9.10. The summed E-state index contributed by atoms with van der Waals surface area (Å²) in [6, 6.07) is 7.54. The van der Waals surface area contributed by atoms with Crippen molar-refractivity contribution >= 4 is 12.6 Å². The summed E-state index contributed by atoms with van der Waals surface area (Å²) in [5, 5.41) is 18.4. The molecule has 0 spiro atoms. The van der Waals surface area contributed by atoms with Gasteiger partial charge in [0.1, 0.15) is 0 Å². The molecule has 0 heterocycles. The molecule has 0 aliphatic heterocycles. The van der Waals surface area contributed by atoms with Gasteiger partial charge in [-0.2, -0.15) is 0 Å². The van der Waals surface area contributed by atoms with Crippen molar-refractivity contribution in [3.8, 4) is 0 Å². The first-order valence-corrected chi connectivity index (χ1v) is 7.27. The highest BCUT2D eigenvalue weighted by Gasteiger charge is 2.13. The summed E-state index contributed by atoms with van der Waals surface area (Å²) < 4.78 is 0. The van der Waals surface area contributed by atoms with Gasteiger partial charge in [-0.25, -0.2) is 0 Å². The van der Waals surface area contributed by atoms with Gasteiger partial charge in [-0.15, -0.1) is 0 Å². The predicted octanol–water partition coefficient (Wildman–Crippen LogP) is 1.62. The molecule has 0 aromatic heterocycles. The molecular formula is C15H26BNO2. The van der Waals surface area contributed by atoms with Crippen molar-refractivity contribution in [2.45, 2.75) is 40.2 Å². The van der Waals surface area contributed by atoms with Crippen molar-refractivity contribution in [3.63, 3.8) is 0 Å². The second kappa shape index (κ2) is 8.36. The van der Waals surface area contributed by atoms with E-state index in [-0.39, 0.29) is 0 Å². The third-order valence-corrected chi connectivity index (χ3v) is 3.77. The first-order valence-electron chi connectivity index (χ1n) is 7.27. The lowest BCUT2D eigenvalue weighted by atomic mass is 9.79. The van der Waals surface area contributed by atoms with E-state index in [1.54, 1.807) is 6.07 Å². The van der Waals surface area contributed by atoms with E-state index in [0.29, 0.717) is 5.46 Å². The molecule has 4 heteroatoms. The SMILES string of the molecule is CCC(CC)CN(CC)Cc1cccc(B(O)O)c1. The number of rotatable bonds is 8. The summed E-state index contributed by atoms with van der Waals surface area (Å²) in [6.45, 7) is 9.65. The van der Waals surface area contributed by atoms with Crippen molar-refractivity contribution in [3.05, 3.63) is 29.8 Å². The van der Waals surface area contributed by atoms with Crippen LogP contribution in [0.25, 0.3) is 0 Å². The van der Waals surface area contributed by atoms with Crippen molar-refractivity contribution < 1.29 is 10.0 Å². The van der Waals surface area contributed by atoms with Gasteiger partial charge in [0, 0.05) is 13.1 Å². The van der Waals surface area contributed by atoms with Gasteiger partial charge in [-0.05, 0) is 23.5 Å². The smallest absolute Gasteiger partial charge is 0.423 e. The molecule has 106 valence electrons. The molecule has 0 aliphatic rings. The van der Waals surface area contributed by atoms with E-state index >= 15 is 0 Å². The molecule has 0 unspecified atom stereocenters. The Labute approximate surface area is 117 Å². The molecule has 1 aromatic carbocycles. The van der Waals surface area contributed by atoms with Gasteiger partial charge in [-0.3, -0.25) is 4.90 Å². The molecule has 0 atom stereocenters. The van der Waals surface area contributed by atoms with Crippen molar-refractivity contribution in [2.24, 2.45) is 5.92 Å². The zero-order valence-corrected chi connectivity index (χ0v) is 12.3. The highest BCUT2D eigenvalue weighted by atomic mass is 16.4. The minimum Gasteiger partial charge on any atom is -0.423 e. The summed E-state index contributed by atoms with van der Waals surface area (Å²) in [5.41, 5.74) is 1.70. The third kappa shape index (κ3) is 5.35. The Morgan fingerprint density at radius 2 is 1.84 bits per heavy atom. The minimum atomic E-state index is -1.38. The largest absolute Gasteiger partial charge is 0.488 e. The molecule has 0 saturated carbocycles. The quantitative estimate of drug-likeness (QED) is 0.700. The number of hydrogen-bond donors (Lipinski definition) is 2. The summed E-state index contributed by atoms with van der Waals surface area (Å²) in [7, 11) is -1.38. The fraction of sp³-hybridized carbons (Fsp3) is 0.600. The molecule has 2 N–H and O–H groups in total. The van der Waals surface area contributed by atoms with Crippen molar-refractivity contribution in [2.75, 3.05) is 13.1 Å². The van der Waals surface area contributed by atoms with Crippen LogP contribution in [0.2, 0.25) is 0 Å². The zero-order valence-electron chi connectivity index (χ0n) is 12.3. The average molecular weight is 263 g/mol. The Bertz CT molecular complexity index is 367. The lowest BCUT2D eigenvalue weighted by Crippen LogP contribution is -2.32. The monoisotopic (exact) mass is 263 g/mol. The van der Waals surface area contributed by atoms with Crippen LogP contribution in [0.3, 0.4) is 0 Å². The van der Waals surface area contributed by atoms with E-state index in [1.807, 2.05) is 18.2 Å². The van der Waals surface area contributed by atoms with Crippen LogP contribution in [0.1, 0.15) is 39.2 Å². The fourth-order valence-electron chi connectivity index (χ4n) is 2.33. The van der Waals surface area contributed by atoms with Gasteiger partial charge in [0.2, 0.25) is 0 Å². The van der Waals surface area contributed by atoms with Crippen molar-refractivity contribution in [1.82, 2.24) is 4.90 Å². The molecule has 3 nitrogen and oxygen atoms in total. The molecule has 1 rings (SSSR count). The maximum atomic E-state index is 9.20. The van der Waals surface area contributed by atoms with E-state index in [0.717, 1.165) is 31.1 Å². The van der Waals surface area contributed by atoms with Crippen LogP contribution in [-0.4, -0.2) is 35.2 Å². The van der Waals surface area contributed by atoms with Crippen LogP contribution in [0.4, 0.5) is 0 Å². The molecule has 0 radical (unpaired) electrons. The molecule has 1 aromatic rings. The molecule has 0 amide bonds. The Kier molecular flexibility index (Phi) is 7.14. The van der Waals surface area contributed by atoms with Crippen LogP contribution in [0.5, 0.6) is 0 Å². The lowest BCUT2D eigenvalue weighted by Gasteiger charge is -2.25. The predicted molar refractivity (Wildman–Crippen MR) is 81.3 cm³/mol. The van der Waals surface area contributed by atoms with Crippen LogP contribution >= 0.6 is 0 Å². The van der Waals surface area contributed by atoms with Crippen LogP contribution < -0.4 is 5.46 Å². The fourth-order valence-corrected chi connectivity index (χ4v) is 2.33. The van der Waals surface area contributed by atoms with Crippen LogP contribution in [-0.2, 0) is 6.54 Å². The Morgan fingerprint density at radius 3 is 2.37 bits per heavy atom. The maximum Gasteiger partial charge on any atom is 0.488 e. The van der Waals surface area contributed by atoms with Crippen LogP contribution in [0, 0.1) is 5.92 Å². The molecule has 0 fully saturated rings. The first kappa shape index (κ1) is 16.2. The van der Waals surface area contributed by atoms with Gasteiger partial charge < -0.3 is 10.0 Å². The zero-order chi connectivity index (χ0) is 14.3. The number of nitrogens with zero attached hydrogens (tertiary/aromatic N) is 1. The minimum absolute atomic E-state index is 0.566. The van der Waals surface area contributed by atoms with Gasteiger partial charge in [0.15, 0.2) is 0 Å². The second-order valence-corrected chi connectivity index (χ2v) is 5.13. The van der Waals surface area contributed by atoms with E-state index in [4.69, 9.17) is 0 Å². The standard InChI is InChI=1S/C15H26BNO2/c1-4-13(5-2)11-17(6-3)12-14-8-7-9-15(10-14)16(18)19/h7-10,13,18-19H,4-6,11-12H2,1-3H3. The topological polar surface area (TPSA) is 43.7 Å². The Morgan fingerprint density at radius 1 is 1.16 bits per heavy atom. The third-order valence-electron chi connectivity index (χ3n) is 3.77. The highest BCUT2D eigenvalue weighted by Crippen LogP contribution is 2.12. The van der Waals surface area contributed by atoms with Crippen LogP contribution in [0.15, 0.2) is 24.3 Å². The van der Waals surface area contributed by atoms with Gasteiger partial charge in [0.05, 0.1) is 0 Å². The number of benzene rings is 1. The maximum absolute atomic E-state index is 9.20. The molecular weight excluding hydrogens is 237 g/mol. The lowest BCUT2D eigenvalue weighted by molar-refractivity contribution is 0.226. The van der Waals surface area contributed by atoms with Gasteiger partial charge in [0.25, 0.3) is 0 Å². The van der Waals surface area contributed by atoms with Crippen molar-refractivity contribution in [1.29, 1.82) is 0 Å². The van der Waals surface area contributed by atoms with E-state index < -0.39 is 7.12 Å². The Hall–Kier alpha value is -0.835. The molecule has 0 aliphatic carbocycles. The second-order valence-electron chi connectivity index (χ2n) is 5.13. The average Bonchev–Trinajstić information content (AvgIpc) is 2.43. The summed E-state index contributed by atoms with van der Waals surface area (Å²) >= 11 is 0. The molecule has 19 heavy (non-hydrogen) atoms. The normalized spacial score (nSPS) is 11.3. The number of hydrogen-bond acceptors (Lipinski definition) is 3. The molecule has 0 bridgehead atoms. The van der Waals surface area contributed by atoms with E-state index in [1.165, 1.54) is 12.8 Å². The summed E-state index contributed by atoms with van der Waals surface area (Å²) in [5.74, 6) is 0.742. The summed E-state index contributed by atoms with van der Waals surface area (Å²) in [6.07, 6.45) is 2.42. The Balaban J connectivity index is 2.67. The van der Waals surface area contributed by atoms with Gasteiger partial charge in [-0.1, -0.05) is 57.9 Å².